The van der Waals surface area contributed by atoms with E-state index in [0.717, 1.165) is 6.42 Å². The fourth-order valence-corrected chi connectivity index (χ4v) is 0.944. The number of rotatable bonds is 1. The summed E-state index contributed by atoms with van der Waals surface area (Å²) in [6.07, 6.45) is -4.06. The van der Waals surface area contributed by atoms with Gasteiger partial charge in [-0.3, -0.25) is 0 Å². The van der Waals surface area contributed by atoms with E-state index >= 15 is 0 Å². The first-order valence-electron chi connectivity index (χ1n) is 4.15. The predicted molar refractivity (Wildman–Crippen MR) is 44.6 cm³/mol. The summed E-state index contributed by atoms with van der Waals surface area (Å²) in [6.45, 7) is 1.96. The van der Waals surface area contributed by atoms with Crippen molar-refractivity contribution in [3.8, 4) is 6.07 Å². The van der Waals surface area contributed by atoms with E-state index in [1.165, 1.54) is 0 Å². The van der Waals surface area contributed by atoms with Crippen molar-refractivity contribution in [3.05, 3.63) is 0 Å². The molecule has 1 fully saturated rings. The van der Waals surface area contributed by atoms with Gasteiger partial charge < -0.3 is 10.8 Å². The van der Waals surface area contributed by atoms with Gasteiger partial charge in [0, 0.05) is 6.04 Å². The molecule has 0 amide bonds. The highest BCUT2D eigenvalue weighted by Crippen LogP contribution is 2.39. The Balaban J connectivity index is 0.000000265. The lowest BCUT2D eigenvalue weighted by atomic mass is 10.2. The Morgan fingerprint density at radius 3 is 2.13 bits per heavy atom. The monoisotopic (exact) mass is 224 g/mol. The van der Waals surface area contributed by atoms with E-state index in [0.29, 0.717) is 5.92 Å². The molecular formula is C8H11F3N2O2. The average Bonchev–Trinajstić information content (AvgIpc) is 2.81. The highest BCUT2D eigenvalue weighted by Gasteiger charge is 2.39. The van der Waals surface area contributed by atoms with Crippen LogP contribution in [0.15, 0.2) is 0 Å². The fourth-order valence-electron chi connectivity index (χ4n) is 0.944. The summed E-state index contributed by atoms with van der Waals surface area (Å²) in [5.41, 5.74) is 5.51. The Hall–Kier alpha value is -1.29. The molecule has 4 nitrogen and oxygen atoms in total. The van der Waals surface area contributed by atoms with Gasteiger partial charge in [0.1, 0.15) is 0 Å². The molecule has 86 valence electrons. The second-order valence-electron chi connectivity index (χ2n) is 3.30. The molecule has 0 spiro atoms. The second-order valence-corrected chi connectivity index (χ2v) is 3.30. The molecule has 7 heteroatoms. The molecule has 0 aromatic heterocycles. The lowest BCUT2D eigenvalue weighted by molar-refractivity contribution is -0.192. The minimum absolute atomic E-state index is 0.222. The van der Waals surface area contributed by atoms with E-state index < -0.39 is 12.1 Å². The van der Waals surface area contributed by atoms with Crippen LogP contribution < -0.4 is 5.73 Å². The number of halogens is 3. The lowest BCUT2D eigenvalue weighted by Gasteiger charge is -1.96. The molecule has 0 saturated heterocycles. The van der Waals surface area contributed by atoms with Crippen LogP contribution in [0.5, 0.6) is 0 Å². The summed E-state index contributed by atoms with van der Waals surface area (Å²) in [7, 11) is 0. The van der Waals surface area contributed by atoms with E-state index in [2.05, 4.69) is 6.07 Å². The molecule has 3 atom stereocenters. The van der Waals surface area contributed by atoms with Gasteiger partial charge in [0.25, 0.3) is 0 Å². The Labute approximate surface area is 84.5 Å². The quantitative estimate of drug-likeness (QED) is 0.698. The highest BCUT2D eigenvalue weighted by atomic mass is 19.4. The van der Waals surface area contributed by atoms with Gasteiger partial charge in [0.15, 0.2) is 0 Å². The van der Waals surface area contributed by atoms with Crippen LogP contribution in [0.25, 0.3) is 0 Å². The van der Waals surface area contributed by atoms with Crippen LogP contribution in [0.4, 0.5) is 13.2 Å². The summed E-state index contributed by atoms with van der Waals surface area (Å²) in [5.74, 6) is -1.98. The Kier molecular flexibility index (Phi) is 4.55. The van der Waals surface area contributed by atoms with Gasteiger partial charge in [-0.05, 0) is 19.3 Å². The minimum atomic E-state index is -5.08. The maximum Gasteiger partial charge on any atom is 0.490 e. The van der Waals surface area contributed by atoms with Gasteiger partial charge in [0.05, 0.1) is 12.0 Å². The van der Waals surface area contributed by atoms with Crippen LogP contribution >= 0.6 is 0 Å². The smallest absolute Gasteiger partial charge is 0.475 e. The van der Waals surface area contributed by atoms with E-state index in [9.17, 15) is 13.2 Å². The number of carboxylic acids is 1. The molecule has 1 aliphatic rings. The average molecular weight is 224 g/mol. The largest absolute Gasteiger partial charge is 0.490 e. The van der Waals surface area contributed by atoms with Crippen molar-refractivity contribution in [1.82, 2.24) is 0 Å². The number of aliphatic carboxylic acids is 1. The molecule has 0 aromatic rings. The maximum absolute atomic E-state index is 10.6. The van der Waals surface area contributed by atoms with Crippen molar-refractivity contribution in [2.24, 2.45) is 17.6 Å². The molecule has 15 heavy (non-hydrogen) atoms. The SMILES string of the molecule is C[C@@H](N)C1CC1C#N.O=C(O)C(F)(F)F. The normalized spacial score (nSPS) is 25.6. The van der Waals surface area contributed by atoms with Gasteiger partial charge in [-0.15, -0.1) is 0 Å². The zero-order chi connectivity index (χ0) is 12.2. The number of carbonyl (C=O) groups is 1. The first kappa shape index (κ1) is 13.7. The number of nitriles is 1. The maximum atomic E-state index is 10.6. The lowest BCUT2D eigenvalue weighted by Crippen LogP contribution is -2.21. The summed E-state index contributed by atoms with van der Waals surface area (Å²) < 4.78 is 31.7. The first-order valence-corrected chi connectivity index (χ1v) is 4.15. The van der Waals surface area contributed by atoms with Crippen molar-refractivity contribution in [2.75, 3.05) is 0 Å². The number of hydrogen-bond acceptors (Lipinski definition) is 3. The standard InChI is InChI=1S/C6H10N2.C2HF3O2/c1-4(8)6-2-5(6)3-7;3-2(4,5)1(6)7/h4-6H,2,8H2,1H3;(H,6,7)/t4-,5?,6?;/m1./s1. The minimum Gasteiger partial charge on any atom is -0.475 e. The fraction of sp³-hybridized carbons (Fsp3) is 0.750. The summed E-state index contributed by atoms with van der Waals surface area (Å²) >= 11 is 0. The topological polar surface area (TPSA) is 87.1 Å². The van der Waals surface area contributed by atoms with E-state index in [-0.39, 0.29) is 12.0 Å². The van der Waals surface area contributed by atoms with Crippen molar-refractivity contribution >= 4 is 5.97 Å². The molecule has 1 saturated carbocycles. The van der Waals surface area contributed by atoms with Crippen LogP contribution in [-0.2, 0) is 4.79 Å². The Bertz CT molecular complexity index is 270. The number of nitrogens with zero attached hydrogens (tertiary/aromatic N) is 1. The van der Waals surface area contributed by atoms with E-state index in [4.69, 9.17) is 20.9 Å². The van der Waals surface area contributed by atoms with Gasteiger partial charge in [-0.25, -0.2) is 4.79 Å². The van der Waals surface area contributed by atoms with Crippen molar-refractivity contribution < 1.29 is 23.1 Å². The van der Waals surface area contributed by atoms with Gasteiger partial charge in [-0.2, -0.15) is 18.4 Å². The third-order valence-electron chi connectivity index (χ3n) is 1.92. The van der Waals surface area contributed by atoms with Crippen LogP contribution in [0.1, 0.15) is 13.3 Å². The van der Waals surface area contributed by atoms with Crippen molar-refractivity contribution in [2.45, 2.75) is 25.6 Å². The first-order chi connectivity index (χ1) is 6.70. The van der Waals surface area contributed by atoms with Crippen LogP contribution in [0.3, 0.4) is 0 Å². The summed E-state index contributed by atoms with van der Waals surface area (Å²) in [6, 6.07) is 2.41. The Morgan fingerprint density at radius 1 is 1.67 bits per heavy atom. The summed E-state index contributed by atoms with van der Waals surface area (Å²) in [4.78, 5) is 8.90. The molecule has 1 rings (SSSR count). The highest BCUT2D eigenvalue weighted by molar-refractivity contribution is 5.73. The predicted octanol–water partition coefficient (Wildman–Crippen LogP) is 1.13. The van der Waals surface area contributed by atoms with Crippen LogP contribution in [0, 0.1) is 23.2 Å². The molecule has 0 heterocycles. The molecule has 1 aliphatic carbocycles. The number of alkyl halides is 3. The Morgan fingerprint density at radius 2 is 2.07 bits per heavy atom. The summed E-state index contributed by atoms with van der Waals surface area (Å²) in [5, 5.41) is 15.4. The molecule has 0 aromatic carbocycles. The van der Waals surface area contributed by atoms with E-state index in [1.54, 1.807) is 0 Å². The van der Waals surface area contributed by atoms with Gasteiger partial charge in [0.2, 0.25) is 0 Å². The van der Waals surface area contributed by atoms with E-state index in [1.807, 2.05) is 6.92 Å². The van der Waals surface area contributed by atoms with Crippen LogP contribution in [-0.4, -0.2) is 23.3 Å². The third-order valence-corrected chi connectivity index (χ3v) is 1.92. The van der Waals surface area contributed by atoms with Gasteiger partial charge in [-0.1, -0.05) is 0 Å². The number of hydrogen-bond donors (Lipinski definition) is 2. The van der Waals surface area contributed by atoms with Crippen molar-refractivity contribution in [1.29, 1.82) is 5.26 Å². The number of carboxylic acid groups (broad SMARTS) is 1. The molecule has 0 bridgehead atoms. The molecule has 3 N–H and O–H groups in total. The second kappa shape index (κ2) is 4.98. The zero-order valence-electron chi connectivity index (χ0n) is 7.95. The molecule has 0 aliphatic heterocycles. The van der Waals surface area contributed by atoms with Gasteiger partial charge >= 0.3 is 12.1 Å². The third kappa shape index (κ3) is 5.22. The van der Waals surface area contributed by atoms with Crippen molar-refractivity contribution in [3.63, 3.8) is 0 Å². The zero-order valence-corrected chi connectivity index (χ0v) is 7.95. The molecule has 0 radical (unpaired) electrons. The van der Waals surface area contributed by atoms with Crippen LogP contribution in [0.2, 0.25) is 0 Å². The molecule has 2 unspecified atom stereocenters. The molecular weight excluding hydrogens is 213 g/mol. The number of nitrogens with two attached hydrogens (primary N) is 1.